The molecule has 4 rings (SSSR count). The molecule has 2 N–H and O–H groups in total. The summed E-state index contributed by atoms with van der Waals surface area (Å²) in [4.78, 5) is 27.2. The Hall–Kier alpha value is -4.32. The van der Waals surface area contributed by atoms with Gasteiger partial charge in [0.15, 0.2) is 0 Å². The summed E-state index contributed by atoms with van der Waals surface area (Å²) in [5.74, 6) is 0.797. The van der Waals surface area contributed by atoms with Crippen LogP contribution < -0.4 is 20.1 Å². The third kappa shape index (κ3) is 25.2. The molecule has 6 nitrogen and oxygen atoms in total. The number of hydrogen-bond donors (Lipinski definition) is 2. The summed E-state index contributed by atoms with van der Waals surface area (Å²) in [6.07, 6.45) is 45.3. The molecule has 0 spiro atoms. The van der Waals surface area contributed by atoms with Gasteiger partial charge in [-0.05, 0) is 64.2 Å². The van der Waals surface area contributed by atoms with Gasteiger partial charge in [-0.15, -0.1) is 0 Å². The summed E-state index contributed by atoms with van der Waals surface area (Å²) in [6, 6.07) is 23.8. The second kappa shape index (κ2) is 38.4. The maximum Gasteiger partial charge on any atom is 0.255 e. The van der Waals surface area contributed by atoms with Gasteiger partial charge in [-0.2, -0.15) is 0 Å². The molecule has 0 atom stereocenters. The van der Waals surface area contributed by atoms with Crippen LogP contribution in [0.3, 0.4) is 0 Å². The zero-order valence-corrected chi connectivity index (χ0v) is 44.6. The first-order chi connectivity index (χ1) is 34.5. The molecule has 0 aliphatic heterocycles. The Kier molecular flexibility index (Phi) is 31.9. The molecule has 0 bridgehead atoms. The maximum atomic E-state index is 13.6. The molecule has 70 heavy (non-hydrogen) atoms. The van der Waals surface area contributed by atoms with Crippen LogP contribution in [0.2, 0.25) is 0 Å². The summed E-state index contributed by atoms with van der Waals surface area (Å²) in [5.41, 5.74) is 1.74. The molecule has 388 valence electrons. The Morgan fingerprint density at radius 1 is 0.371 bits per heavy atom. The van der Waals surface area contributed by atoms with Crippen molar-refractivity contribution in [2.24, 2.45) is 0 Å². The number of ether oxygens (including phenoxy) is 2. The van der Waals surface area contributed by atoms with Crippen molar-refractivity contribution in [1.82, 2.24) is 10.6 Å². The van der Waals surface area contributed by atoms with E-state index in [0.717, 1.165) is 47.2 Å². The number of carbonyl (C=O) groups is 2. The van der Waals surface area contributed by atoms with Crippen LogP contribution in [-0.2, 0) is 0 Å². The van der Waals surface area contributed by atoms with Gasteiger partial charge in [0.2, 0.25) is 0 Å². The lowest BCUT2D eigenvalue weighted by atomic mass is 10.0. The van der Waals surface area contributed by atoms with E-state index in [1.807, 2.05) is 72.8 Å². The lowest BCUT2D eigenvalue weighted by Crippen LogP contribution is -2.25. The van der Waals surface area contributed by atoms with Crippen LogP contribution in [0.1, 0.15) is 253 Å². The molecule has 2 amide bonds. The molecular weight excluding hydrogens is 861 g/mol. The van der Waals surface area contributed by atoms with Crippen LogP contribution in [-0.4, -0.2) is 38.1 Å². The second-order valence-electron chi connectivity index (χ2n) is 20.5. The van der Waals surface area contributed by atoms with Crippen molar-refractivity contribution >= 4 is 33.4 Å². The van der Waals surface area contributed by atoms with Crippen molar-refractivity contribution in [1.29, 1.82) is 0 Å². The summed E-state index contributed by atoms with van der Waals surface area (Å²) in [6.45, 7) is 10.5. The van der Waals surface area contributed by atoms with E-state index >= 15 is 0 Å². The Labute approximate surface area is 427 Å². The molecular formula is C64H98N2O4. The molecule has 0 saturated heterocycles. The van der Waals surface area contributed by atoms with Gasteiger partial charge in [-0.25, -0.2) is 0 Å². The molecule has 0 heterocycles. The number of benzene rings is 4. The standard InChI is InChI=1S/C64H98N2O4/c1-4-6-8-10-12-14-16-18-20-22-24-26-28-30-32-34-40-46-65-63(67)59-48-55-42-36-38-44-57(55)50-61(59)69-52-54(3)53-70-62-51-58-45-39-37-43-56(58)49-60(62)64(68)66-47-41-35-33-31-29-27-25-23-21-19-17-15-13-11-9-7-5-2/h36-39,42-45,48-51H,3-35,40-41,46-47,52-53H2,1-2H3,(H,65,67)(H,66,68). The van der Waals surface area contributed by atoms with E-state index in [-0.39, 0.29) is 25.0 Å². The number of rotatable bonds is 44. The van der Waals surface area contributed by atoms with Gasteiger partial charge in [-0.3, -0.25) is 9.59 Å². The van der Waals surface area contributed by atoms with E-state index in [1.165, 1.54) is 193 Å². The molecule has 0 unspecified atom stereocenters. The van der Waals surface area contributed by atoms with Crippen LogP contribution >= 0.6 is 0 Å². The van der Waals surface area contributed by atoms with Gasteiger partial charge in [0.25, 0.3) is 11.8 Å². The molecule has 0 saturated carbocycles. The van der Waals surface area contributed by atoms with Gasteiger partial charge in [0.1, 0.15) is 24.7 Å². The highest BCUT2D eigenvalue weighted by atomic mass is 16.5. The van der Waals surface area contributed by atoms with Crippen LogP contribution in [0, 0.1) is 0 Å². The SMILES string of the molecule is C=C(COc1cc2ccccc2cc1C(=O)NCCCCCCCCCCCCCCCCCCC)COc1cc2ccccc2cc1C(=O)NCCCCCCCCCCCCCCCCCCC. The normalized spacial score (nSPS) is 11.3. The van der Waals surface area contributed by atoms with Crippen LogP contribution in [0.4, 0.5) is 0 Å². The van der Waals surface area contributed by atoms with Gasteiger partial charge in [-0.1, -0.05) is 274 Å². The van der Waals surface area contributed by atoms with E-state index in [4.69, 9.17) is 9.47 Å². The number of amides is 2. The first kappa shape index (κ1) is 58.3. The zero-order valence-electron chi connectivity index (χ0n) is 44.6. The van der Waals surface area contributed by atoms with Gasteiger partial charge in [0.05, 0.1) is 11.1 Å². The molecule has 0 aliphatic rings. The average molecular weight is 959 g/mol. The number of carbonyl (C=O) groups excluding carboxylic acids is 2. The predicted molar refractivity (Wildman–Crippen MR) is 301 cm³/mol. The van der Waals surface area contributed by atoms with Crippen LogP contribution in [0.5, 0.6) is 11.5 Å². The first-order valence-corrected chi connectivity index (χ1v) is 29.0. The van der Waals surface area contributed by atoms with E-state index in [9.17, 15) is 9.59 Å². The summed E-state index contributed by atoms with van der Waals surface area (Å²) >= 11 is 0. The fraction of sp³-hybridized carbons (Fsp3) is 0.625. The van der Waals surface area contributed by atoms with Crippen LogP contribution in [0.25, 0.3) is 21.5 Å². The van der Waals surface area contributed by atoms with Crippen molar-refractivity contribution in [3.63, 3.8) is 0 Å². The topological polar surface area (TPSA) is 76.7 Å². The third-order valence-electron chi connectivity index (χ3n) is 14.2. The number of unbranched alkanes of at least 4 members (excludes halogenated alkanes) is 32. The quantitative estimate of drug-likeness (QED) is 0.0342. The molecule has 4 aromatic carbocycles. The Morgan fingerprint density at radius 2 is 0.614 bits per heavy atom. The van der Waals surface area contributed by atoms with Gasteiger partial charge < -0.3 is 20.1 Å². The van der Waals surface area contributed by atoms with Gasteiger partial charge in [0, 0.05) is 13.1 Å². The highest BCUT2D eigenvalue weighted by molar-refractivity contribution is 6.02. The van der Waals surface area contributed by atoms with E-state index in [2.05, 4.69) is 31.1 Å². The Bertz CT molecular complexity index is 1860. The fourth-order valence-corrected chi connectivity index (χ4v) is 9.73. The van der Waals surface area contributed by atoms with Gasteiger partial charge >= 0.3 is 0 Å². The Balaban J connectivity index is 1.12. The molecule has 0 radical (unpaired) electrons. The minimum Gasteiger partial charge on any atom is -0.488 e. The molecule has 6 heteroatoms. The third-order valence-corrected chi connectivity index (χ3v) is 14.2. The molecule has 0 aliphatic carbocycles. The summed E-state index contributed by atoms with van der Waals surface area (Å²) in [7, 11) is 0. The fourth-order valence-electron chi connectivity index (χ4n) is 9.73. The number of hydrogen-bond acceptors (Lipinski definition) is 4. The molecule has 0 fully saturated rings. The van der Waals surface area contributed by atoms with Crippen molar-refractivity contribution in [3.8, 4) is 11.5 Å². The smallest absolute Gasteiger partial charge is 0.255 e. The van der Waals surface area contributed by atoms with E-state index in [0.29, 0.717) is 41.3 Å². The second-order valence-corrected chi connectivity index (χ2v) is 20.5. The zero-order chi connectivity index (χ0) is 49.5. The number of fused-ring (bicyclic) bond motifs is 2. The Morgan fingerprint density at radius 3 is 0.886 bits per heavy atom. The summed E-state index contributed by atoms with van der Waals surface area (Å²) in [5, 5.41) is 10.3. The predicted octanol–water partition coefficient (Wildman–Crippen LogP) is 18.8. The minimum absolute atomic E-state index is 0.124. The molecule has 4 aromatic rings. The van der Waals surface area contributed by atoms with E-state index < -0.39 is 0 Å². The van der Waals surface area contributed by atoms with Crippen LogP contribution in [0.15, 0.2) is 84.9 Å². The highest BCUT2D eigenvalue weighted by Gasteiger charge is 2.17. The van der Waals surface area contributed by atoms with Crippen molar-refractivity contribution in [2.75, 3.05) is 26.3 Å². The maximum absolute atomic E-state index is 13.6. The van der Waals surface area contributed by atoms with Crippen molar-refractivity contribution < 1.29 is 19.1 Å². The van der Waals surface area contributed by atoms with Crippen molar-refractivity contribution in [3.05, 3.63) is 96.1 Å². The highest BCUT2D eigenvalue weighted by Crippen LogP contribution is 2.29. The molecule has 0 aromatic heterocycles. The largest absolute Gasteiger partial charge is 0.488 e. The monoisotopic (exact) mass is 959 g/mol. The lowest BCUT2D eigenvalue weighted by molar-refractivity contribution is 0.0941. The van der Waals surface area contributed by atoms with Crippen molar-refractivity contribution in [2.45, 2.75) is 232 Å². The summed E-state index contributed by atoms with van der Waals surface area (Å²) < 4.78 is 12.7. The van der Waals surface area contributed by atoms with E-state index in [1.54, 1.807) is 0 Å². The number of nitrogens with one attached hydrogen (secondary N) is 2. The average Bonchev–Trinajstić information content (AvgIpc) is 3.38. The first-order valence-electron chi connectivity index (χ1n) is 29.0. The minimum atomic E-state index is -0.124. The lowest BCUT2D eigenvalue weighted by Gasteiger charge is -2.16.